The van der Waals surface area contributed by atoms with Crippen LogP contribution < -0.4 is 4.90 Å². The van der Waals surface area contributed by atoms with E-state index in [4.69, 9.17) is 0 Å². The quantitative estimate of drug-likeness (QED) is 0.859. The SMILES string of the molecule is CN1CCCc2cc(-c3cncc(CN4CCCCC4=O)c3)ccc21. The van der Waals surface area contributed by atoms with Crippen LogP contribution in [0.25, 0.3) is 11.1 Å². The third kappa shape index (κ3) is 3.39. The number of fused-ring (bicyclic) bond motifs is 1. The first kappa shape index (κ1) is 16.1. The normalized spacial score (nSPS) is 17.6. The summed E-state index contributed by atoms with van der Waals surface area (Å²) in [4.78, 5) is 20.8. The molecule has 25 heavy (non-hydrogen) atoms. The van der Waals surface area contributed by atoms with Crippen molar-refractivity contribution in [3.8, 4) is 11.1 Å². The van der Waals surface area contributed by atoms with Crippen molar-refractivity contribution in [3.63, 3.8) is 0 Å². The first-order valence-corrected chi connectivity index (χ1v) is 9.27. The highest BCUT2D eigenvalue weighted by molar-refractivity contribution is 5.77. The number of hydrogen-bond acceptors (Lipinski definition) is 3. The van der Waals surface area contributed by atoms with Crippen LogP contribution in [-0.2, 0) is 17.8 Å². The van der Waals surface area contributed by atoms with E-state index in [0.717, 1.165) is 43.5 Å². The van der Waals surface area contributed by atoms with Crippen LogP contribution >= 0.6 is 0 Å². The number of rotatable bonds is 3. The van der Waals surface area contributed by atoms with E-state index in [1.807, 2.05) is 17.3 Å². The number of carbonyl (C=O) groups is 1. The van der Waals surface area contributed by atoms with Gasteiger partial charge in [-0.2, -0.15) is 0 Å². The number of likely N-dealkylation sites (tertiary alicyclic amines) is 1. The summed E-state index contributed by atoms with van der Waals surface area (Å²) in [5, 5.41) is 0. The molecule has 0 spiro atoms. The van der Waals surface area contributed by atoms with Gasteiger partial charge >= 0.3 is 0 Å². The molecule has 2 aliphatic rings. The zero-order chi connectivity index (χ0) is 17.2. The van der Waals surface area contributed by atoms with Gasteiger partial charge in [0.15, 0.2) is 0 Å². The second-order valence-corrected chi connectivity index (χ2v) is 7.22. The largest absolute Gasteiger partial charge is 0.374 e. The summed E-state index contributed by atoms with van der Waals surface area (Å²) in [6.45, 7) is 2.68. The molecule has 1 aromatic heterocycles. The van der Waals surface area contributed by atoms with E-state index in [0.29, 0.717) is 13.0 Å². The molecule has 1 saturated heterocycles. The van der Waals surface area contributed by atoms with Gasteiger partial charge < -0.3 is 9.80 Å². The van der Waals surface area contributed by atoms with Gasteiger partial charge in [0, 0.05) is 56.7 Å². The van der Waals surface area contributed by atoms with E-state index in [1.165, 1.54) is 23.2 Å². The molecule has 4 rings (SSSR count). The van der Waals surface area contributed by atoms with Crippen LogP contribution in [0.15, 0.2) is 36.7 Å². The fraction of sp³-hybridized carbons (Fsp3) is 0.429. The highest BCUT2D eigenvalue weighted by Crippen LogP contribution is 2.31. The van der Waals surface area contributed by atoms with Crippen LogP contribution in [0.1, 0.15) is 36.8 Å². The Morgan fingerprint density at radius 3 is 2.80 bits per heavy atom. The third-order valence-electron chi connectivity index (χ3n) is 5.35. The summed E-state index contributed by atoms with van der Waals surface area (Å²) in [7, 11) is 2.16. The summed E-state index contributed by atoms with van der Waals surface area (Å²) in [6, 6.07) is 8.90. The Labute approximate surface area is 149 Å². The van der Waals surface area contributed by atoms with Gasteiger partial charge in [-0.3, -0.25) is 9.78 Å². The van der Waals surface area contributed by atoms with Crippen molar-refractivity contribution < 1.29 is 4.79 Å². The third-order valence-corrected chi connectivity index (χ3v) is 5.35. The minimum Gasteiger partial charge on any atom is -0.374 e. The fourth-order valence-electron chi connectivity index (χ4n) is 3.95. The molecule has 130 valence electrons. The molecule has 3 heterocycles. The number of aryl methyl sites for hydroxylation is 1. The number of benzene rings is 1. The molecule has 0 aliphatic carbocycles. The van der Waals surface area contributed by atoms with Crippen LogP contribution in [0.2, 0.25) is 0 Å². The smallest absolute Gasteiger partial charge is 0.222 e. The molecule has 0 N–H and O–H groups in total. The van der Waals surface area contributed by atoms with E-state index < -0.39 is 0 Å². The molecule has 0 bridgehead atoms. The molecule has 0 radical (unpaired) electrons. The van der Waals surface area contributed by atoms with Gasteiger partial charge in [0.1, 0.15) is 0 Å². The summed E-state index contributed by atoms with van der Waals surface area (Å²) >= 11 is 0. The molecule has 2 aliphatic heterocycles. The monoisotopic (exact) mass is 335 g/mol. The summed E-state index contributed by atoms with van der Waals surface area (Å²) in [5.74, 6) is 0.272. The van der Waals surface area contributed by atoms with Gasteiger partial charge in [0.2, 0.25) is 5.91 Å². The molecule has 1 aromatic carbocycles. The lowest BCUT2D eigenvalue weighted by atomic mass is 9.96. The van der Waals surface area contributed by atoms with E-state index in [2.05, 4.69) is 41.2 Å². The van der Waals surface area contributed by atoms with Gasteiger partial charge in [-0.1, -0.05) is 6.07 Å². The Morgan fingerprint density at radius 1 is 1.00 bits per heavy atom. The minimum atomic E-state index is 0.272. The first-order chi connectivity index (χ1) is 12.2. The summed E-state index contributed by atoms with van der Waals surface area (Å²) in [5.41, 5.74) is 6.23. The van der Waals surface area contributed by atoms with Crippen molar-refractivity contribution in [2.75, 3.05) is 25.0 Å². The van der Waals surface area contributed by atoms with Gasteiger partial charge in [-0.15, -0.1) is 0 Å². The van der Waals surface area contributed by atoms with Gasteiger partial charge in [-0.25, -0.2) is 0 Å². The van der Waals surface area contributed by atoms with Crippen LogP contribution in [0.3, 0.4) is 0 Å². The molecule has 4 nitrogen and oxygen atoms in total. The predicted molar refractivity (Wildman–Crippen MR) is 101 cm³/mol. The average Bonchev–Trinajstić information content (AvgIpc) is 2.64. The van der Waals surface area contributed by atoms with Crippen molar-refractivity contribution in [1.82, 2.24) is 9.88 Å². The Bertz CT molecular complexity index is 786. The maximum absolute atomic E-state index is 12.0. The molecule has 0 unspecified atom stereocenters. The van der Waals surface area contributed by atoms with Crippen molar-refractivity contribution >= 4 is 11.6 Å². The topological polar surface area (TPSA) is 36.4 Å². The Morgan fingerprint density at radius 2 is 1.92 bits per heavy atom. The van der Waals surface area contributed by atoms with E-state index in [9.17, 15) is 4.79 Å². The Balaban J connectivity index is 1.58. The van der Waals surface area contributed by atoms with Crippen LogP contribution in [0, 0.1) is 0 Å². The van der Waals surface area contributed by atoms with E-state index >= 15 is 0 Å². The van der Waals surface area contributed by atoms with E-state index in [1.54, 1.807) is 0 Å². The lowest BCUT2D eigenvalue weighted by molar-refractivity contribution is -0.133. The van der Waals surface area contributed by atoms with Gasteiger partial charge in [-0.05, 0) is 60.6 Å². The molecule has 1 amide bonds. The number of nitrogens with zero attached hydrogens (tertiary/aromatic N) is 3. The highest BCUT2D eigenvalue weighted by Gasteiger charge is 2.18. The maximum atomic E-state index is 12.0. The Hall–Kier alpha value is -2.36. The van der Waals surface area contributed by atoms with Crippen molar-refractivity contribution in [2.45, 2.75) is 38.6 Å². The zero-order valence-corrected chi connectivity index (χ0v) is 14.9. The molecule has 0 atom stereocenters. The number of piperidine rings is 1. The number of aromatic nitrogens is 1. The van der Waals surface area contributed by atoms with E-state index in [-0.39, 0.29) is 5.91 Å². The predicted octanol–water partition coefficient (Wildman–Crippen LogP) is 3.64. The number of hydrogen-bond donors (Lipinski definition) is 0. The molecule has 0 saturated carbocycles. The zero-order valence-electron chi connectivity index (χ0n) is 14.9. The molecule has 2 aromatic rings. The lowest BCUT2D eigenvalue weighted by Crippen LogP contribution is -2.34. The van der Waals surface area contributed by atoms with Crippen LogP contribution in [0.5, 0.6) is 0 Å². The fourth-order valence-corrected chi connectivity index (χ4v) is 3.95. The number of carbonyl (C=O) groups excluding carboxylic acids is 1. The van der Waals surface area contributed by atoms with Gasteiger partial charge in [0.05, 0.1) is 0 Å². The number of amides is 1. The second-order valence-electron chi connectivity index (χ2n) is 7.22. The minimum absolute atomic E-state index is 0.272. The maximum Gasteiger partial charge on any atom is 0.222 e. The number of pyridine rings is 1. The van der Waals surface area contributed by atoms with Crippen molar-refractivity contribution in [3.05, 3.63) is 47.8 Å². The van der Waals surface area contributed by atoms with Crippen molar-refractivity contribution in [2.24, 2.45) is 0 Å². The lowest BCUT2D eigenvalue weighted by Gasteiger charge is -2.28. The van der Waals surface area contributed by atoms with Crippen molar-refractivity contribution in [1.29, 1.82) is 0 Å². The Kier molecular flexibility index (Phi) is 4.43. The summed E-state index contributed by atoms with van der Waals surface area (Å²) in [6.07, 6.45) is 8.98. The molecule has 1 fully saturated rings. The standard InChI is InChI=1S/C21H25N3O/c1-23-9-4-5-18-12-17(7-8-20(18)23)19-11-16(13-22-14-19)15-24-10-3-2-6-21(24)25/h7-8,11-14H,2-6,9-10,15H2,1H3. The van der Waals surface area contributed by atoms with Gasteiger partial charge in [0.25, 0.3) is 0 Å². The molecular formula is C21H25N3O. The second kappa shape index (κ2) is 6.87. The average molecular weight is 335 g/mol. The molecular weight excluding hydrogens is 310 g/mol. The van der Waals surface area contributed by atoms with Crippen LogP contribution in [0.4, 0.5) is 5.69 Å². The molecule has 4 heteroatoms. The first-order valence-electron chi connectivity index (χ1n) is 9.27. The van der Waals surface area contributed by atoms with Crippen LogP contribution in [-0.4, -0.2) is 35.9 Å². The highest BCUT2D eigenvalue weighted by atomic mass is 16.2. The summed E-state index contributed by atoms with van der Waals surface area (Å²) < 4.78 is 0. The number of anilines is 1.